The predicted molar refractivity (Wildman–Crippen MR) is 83.5 cm³/mol. The molecule has 0 bridgehead atoms. The highest BCUT2D eigenvalue weighted by atomic mass is 16.5. The molecule has 118 valence electrons. The molecule has 2 heterocycles. The first-order valence-corrected chi connectivity index (χ1v) is 7.55. The van der Waals surface area contributed by atoms with Gasteiger partial charge in [0.05, 0.1) is 26.9 Å². The first kappa shape index (κ1) is 15.0. The normalized spacial score (nSPS) is 16.1. The van der Waals surface area contributed by atoms with Crippen LogP contribution in [0, 0.1) is 0 Å². The van der Waals surface area contributed by atoms with Crippen LogP contribution in [-0.2, 0) is 11.3 Å². The maximum absolute atomic E-state index is 11.8. The number of hydrogen-bond acceptors (Lipinski definition) is 5. The fourth-order valence-corrected chi connectivity index (χ4v) is 2.85. The topological polar surface area (TPSA) is 56.6 Å². The van der Waals surface area contributed by atoms with Crippen molar-refractivity contribution in [1.29, 1.82) is 0 Å². The Hall–Kier alpha value is -1.92. The van der Waals surface area contributed by atoms with Crippen molar-refractivity contribution in [3.63, 3.8) is 0 Å². The maximum atomic E-state index is 11.8. The van der Waals surface area contributed by atoms with Gasteiger partial charge in [0, 0.05) is 31.9 Å². The number of benzene rings is 1. The Bertz CT molecular complexity index is 675. The van der Waals surface area contributed by atoms with E-state index in [-0.39, 0.29) is 5.78 Å². The van der Waals surface area contributed by atoms with E-state index in [1.807, 2.05) is 22.9 Å². The molecule has 1 aliphatic heterocycles. The van der Waals surface area contributed by atoms with E-state index in [0.717, 1.165) is 56.0 Å². The minimum Gasteiger partial charge on any atom is -0.494 e. The van der Waals surface area contributed by atoms with Gasteiger partial charge in [-0.2, -0.15) is 5.10 Å². The Morgan fingerprint density at radius 1 is 1.32 bits per heavy atom. The summed E-state index contributed by atoms with van der Waals surface area (Å²) in [5.74, 6) is 0.725. The molecule has 0 unspecified atom stereocenters. The van der Waals surface area contributed by atoms with Crippen molar-refractivity contribution in [2.24, 2.45) is 0 Å². The van der Waals surface area contributed by atoms with Crippen molar-refractivity contribution in [2.45, 2.75) is 13.5 Å². The van der Waals surface area contributed by atoms with Crippen molar-refractivity contribution in [1.82, 2.24) is 14.7 Å². The Balaban J connectivity index is 1.92. The van der Waals surface area contributed by atoms with E-state index in [2.05, 4.69) is 10.00 Å². The standard InChI is InChI=1S/C16H21N3O3/c1-12(20)15-13-4-3-5-14(21-2)16(13)19(17-15)7-6-18-8-10-22-11-9-18/h3-5H,6-11H2,1-2H3. The molecule has 0 saturated carbocycles. The van der Waals surface area contributed by atoms with E-state index in [1.54, 1.807) is 14.0 Å². The Morgan fingerprint density at radius 2 is 2.09 bits per heavy atom. The molecule has 1 saturated heterocycles. The molecule has 3 rings (SSSR count). The zero-order valence-electron chi connectivity index (χ0n) is 13.0. The number of para-hydroxylation sites is 1. The molecule has 0 N–H and O–H groups in total. The maximum Gasteiger partial charge on any atom is 0.180 e. The molecular formula is C16H21N3O3. The molecule has 0 atom stereocenters. The van der Waals surface area contributed by atoms with Crippen LogP contribution in [-0.4, -0.2) is 60.4 Å². The number of methoxy groups -OCH3 is 1. The Labute approximate surface area is 129 Å². The second-order valence-corrected chi connectivity index (χ2v) is 5.44. The van der Waals surface area contributed by atoms with Gasteiger partial charge in [0.25, 0.3) is 0 Å². The first-order chi connectivity index (χ1) is 10.7. The minimum absolute atomic E-state index is 0.0247. The summed E-state index contributed by atoms with van der Waals surface area (Å²) in [7, 11) is 1.64. The average molecular weight is 303 g/mol. The van der Waals surface area contributed by atoms with Crippen LogP contribution in [0.25, 0.3) is 10.9 Å². The van der Waals surface area contributed by atoms with Crippen LogP contribution in [0.2, 0.25) is 0 Å². The average Bonchev–Trinajstić information content (AvgIpc) is 2.93. The van der Waals surface area contributed by atoms with Crippen LogP contribution in [0.1, 0.15) is 17.4 Å². The zero-order valence-corrected chi connectivity index (χ0v) is 13.0. The number of carbonyl (C=O) groups excluding carboxylic acids is 1. The number of rotatable bonds is 5. The molecule has 22 heavy (non-hydrogen) atoms. The van der Waals surface area contributed by atoms with Crippen LogP contribution in [0.4, 0.5) is 0 Å². The van der Waals surface area contributed by atoms with Gasteiger partial charge in [-0.15, -0.1) is 0 Å². The molecular weight excluding hydrogens is 282 g/mol. The van der Waals surface area contributed by atoms with E-state index < -0.39 is 0 Å². The summed E-state index contributed by atoms with van der Waals surface area (Å²) in [6, 6.07) is 5.72. The smallest absolute Gasteiger partial charge is 0.180 e. The number of aromatic nitrogens is 2. The zero-order chi connectivity index (χ0) is 15.5. The van der Waals surface area contributed by atoms with Gasteiger partial charge in [-0.3, -0.25) is 14.4 Å². The number of fused-ring (bicyclic) bond motifs is 1. The lowest BCUT2D eigenvalue weighted by molar-refractivity contribution is 0.0361. The van der Waals surface area contributed by atoms with Gasteiger partial charge in [0.1, 0.15) is 17.0 Å². The lowest BCUT2D eigenvalue weighted by atomic mass is 10.1. The van der Waals surface area contributed by atoms with Gasteiger partial charge >= 0.3 is 0 Å². The molecule has 1 aromatic heterocycles. The quantitative estimate of drug-likeness (QED) is 0.785. The van der Waals surface area contributed by atoms with Crippen molar-refractivity contribution in [3.05, 3.63) is 23.9 Å². The minimum atomic E-state index is -0.0247. The van der Waals surface area contributed by atoms with Crippen molar-refractivity contribution >= 4 is 16.7 Å². The van der Waals surface area contributed by atoms with Crippen LogP contribution in [0.15, 0.2) is 18.2 Å². The summed E-state index contributed by atoms with van der Waals surface area (Å²) in [5, 5.41) is 5.37. The van der Waals surface area contributed by atoms with Crippen molar-refractivity contribution in [3.8, 4) is 5.75 Å². The van der Waals surface area contributed by atoms with E-state index in [1.165, 1.54) is 0 Å². The molecule has 0 amide bonds. The fourth-order valence-electron chi connectivity index (χ4n) is 2.85. The van der Waals surface area contributed by atoms with E-state index in [9.17, 15) is 4.79 Å². The second kappa shape index (κ2) is 6.46. The monoisotopic (exact) mass is 303 g/mol. The summed E-state index contributed by atoms with van der Waals surface area (Å²) >= 11 is 0. The second-order valence-electron chi connectivity index (χ2n) is 5.44. The van der Waals surface area contributed by atoms with Gasteiger partial charge in [0.15, 0.2) is 5.78 Å². The van der Waals surface area contributed by atoms with E-state index in [0.29, 0.717) is 5.69 Å². The summed E-state index contributed by atoms with van der Waals surface area (Å²) < 4.78 is 12.7. The lowest BCUT2D eigenvalue weighted by Crippen LogP contribution is -2.38. The number of ether oxygens (including phenoxy) is 2. The molecule has 6 nitrogen and oxygen atoms in total. The third kappa shape index (κ3) is 2.84. The molecule has 2 aromatic rings. The summed E-state index contributed by atoms with van der Waals surface area (Å²) in [6.45, 7) is 6.60. The number of morpholine rings is 1. The third-order valence-electron chi connectivity index (χ3n) is 4.02. The molecule has 1 fully saturated rings. The molecule has 0 spiro atoms. The largest absolute Gasteiger partial charge is 0.494 e. The molecule has 0 radical (unpaired) electrons. The van der Waals surface area contributed by atoms with Crippen LogP contribution in [0.3, 0.4) is 0 Å². The van der Waals surface area contributed by atoms with Crippen LogP contribution >= 0.6 is 0 Å². The first-order valence-electron chi connectivity index (χ1n) is 7.55. The summed E-state index contributed by atoms with van der Waals surface area (Å²) in [5.41, 5.74) is 1.40. The van der Waals surface area contributed by atoms with Gasteiger partial charge in [-0.05, 0) is 6.07 Å². The third-order valence-corrected chi connectivity index (χ3v) is 4.02. The Morgan fingerprint density at radius 3 is 2.77 bits per heavy atom. The highest BCUT2D eigenvalue weighted by molar-refractivity contribution is 6.06. The van der Waals surface area contributed by atoms with Crippen molar-refractivity contribution in [2.75, 3.05) is 40.0 Å². The highest BCUT2D eigenvalue weighted by Crippen LogP contribution is 2.28. The number of hydrogen-bond donors (Lipinski definition) is 0. The lowest BCUT2D eigenvalue weighted by Gasteiger charge is -2.26. The molecule has 1 aliphatic rings. The van der Waals surface area contributed by atoms with Crippen LogP contribution < -0.4 is 4.74 Å². The van der Waals surface area contributed by atoms with E-state index >= 15 is 0 Å². The fraction of sp³-hybridized carbons (Fsp3) is 0.500. The van der Waals surface area contributed by atoms with E-state index in [4.69, 9.17) is 9.47 Å². The number of ketones is 1. The number of carbonyl (C=O) groups is 1. The van der Waals surface area contributed by atoms with Gasteiger partial charge < -0.3 is 9.47 Å². The highest BCUT2D eigenvalue weighted by Gasteiger charge is 2.18. The number of nitrogens with zero attached hydrogens (tertiary/aromatic N) is 3. The SMILES string of the molecule is COc1cccc2c(C(C)=O)nn(CCN3CCOCC3)c12. The molecule has 1 aromatic carbocycles. The number of Topliss-reactive ketones (excluding diaryl/α,β-unsaturated/α-hetero) is 1. The van der Waals surface area contributed by atoms with Crippen molar-refractivity contribution < 1.29 is 14.3 Å². The predicted octanol–water partition coefficient (Wildman–Crippen LogP) is 1.58. The molecule has 6 heteroatoms. The van der Waals surface area contributed by atoms with Gasteiger partial charge in [-0.1, -0.05) is 12.1 Å². The van der Waals surface area contributed by atoms with Gasteiger partial charge in [-0.25, -0.2) is 0 Å². The summed E-state index contributed by atoms with van der Waals surface area (Å²) in [4.78, 5) is 14.2. The van der Waals surface area contributed by atoms with Crippen LogP contribution in [0.5, 0.6) is 5.75 Å². The summed E-state index contributed by atoms with van der Waals surface area (Å²) in [6.07, 6.45) is 0. The molecule has 0 aliphatic carbocycles. The van der Waals surface area contributed by atoms with Gasteiger partial charge in [0.2, 0.25) is 0 Å². The Kier molecular flexibility index (Phi) is 4.40.